The fraction of sp³-hybridized carbons (Fsp3) is 0. The number of nitrogen functional groups attached to an aromatic ring is 1. The first-order valence-corrected chi connectivity index (χ1v) is 6.99. The molecule has 21 heavy (non-hydrogen) atoms. The molecule has 3 aromatic rings. The van der Waals surface area contributed by atoms with Gasteiger partial charge in [0.15, 0.2) is 0 Å². The van der Waals surface area contributed by atoms with Crippen molar-refractivity contribution in [2.75, 3.05) is 5.73 Å². The van der Waals surface area contributed by atoms with Crippen LogP contribution in [0.15, 0.2) is 53.1 Å². The zero-order valence-electron chi connectivity index (χ0n) is 10.9. The molecule has 0 radical (unpaired) electrons. The van der Waals surface area contributed by atoms with Crippen LogP contribution in [0, 0.1) is 11.3 Å². The second kappa shape index (κ2) is 5.43. The van der Waals surface area contributed by atoms with Gasteiger partial charge in [0.2, 0.25) is 5.88 Å². The quantitative estimate of drug-likeness (QED) is 0.708. The van der Waals surface area contributed by atoms with E-state index in [2.05, 4.69) is 27.0 Å². The third kappa shape index (κ3) is 2.54. The van der Waals surface area contributed by atoms with Crippen LogP contribution in [-0.4, -0.2) is 4.98 Å². The third-order valence-electron chi connectivity index (χ3n) is 3.05. The predicted molar refractivity (Wildman–Crippen MR) is 85.1 cm³/mol. The highest BCUT2D eigenvalue weighted by atomic mass is 79.9. The highest BCUT2D eigenvalue weighted by Gasteiger charge is 2.10. The summed E-state index contributed by atoms with van der Waals surface area (Å²) in [7, 11) is 0. The van der Waals surface area contributed by atoms with Gasteiger partial charge in [-0.2, -0.15) is 5.26 Å². The number of pyridine rings is 1. The van der Waals surface area contributed by atoms with Crippen LogP contribution in [0.2, 0.25) is 0 Å². The molecule has 0 saturated heterocycles. The number of aromatic nitrogens is 1. The van der Waals surface area contributed by atoms with Crippen molar-refractivity contribution in [3.05, 3.63) is 58.7 Å². The van der Waals surface area contributed by atoms with E-state index in [-0.39, 0.29) is 0 Å². The Labute approximate surface area is 129 Å². The Kier molecular flexibility index (Phi) is 3.46. The van der Waals surface area contributed by atoms with Gasteiger partial charge in [-0.05, 0) is 36.4 Å². The maximum Gasteiger partial charge on any atom is 0.227 e. The minimum atomic E-state index is 0.379. The van der Waals surface area contributed by atoms with Crippen molar-refractivity contribution in [2.24, 2.45) is 0 Å². The summed E-state index contributed by atoms with van der Waals surface area (Å²) in [6.07, 6.45) is 1.67. The molecule has 4 nitrogen and oxygen atoms in total. The van der Waals surface area contributed by atoms with Gasteiger partial charge in [0.1, 0.15) is 11.8 Å². The highest BCUT2D eigenvalue weighted by Crippen LogP contribution is 2.33. The fourth-order valence-corrected chi connectivity index (χ4v) is 2.55. The number of nitriles is 1. The standard InChI is InChI=1S/C16H10BrN3O/c17-14-3-1-2-13-12(14)6-7-20-16(13)21-15-5-4-11(19)8-10(15)9-18/h1-8H,19H2. The Bertz CT molecular complexity index is 871. The van der Waals surface area contributed by atoms with Gasteiger partial charge < -0.3 is 10.5 Å². The largest absolute Gasteiger partial charge is 0.437 e. The summed E-state index contributed by atoms with van der Waals surface area (Å²) in [5, 5.41) is 11.0. The van der Waals surface area contributed by atoms with E-state index >= 15 is 0 Å². The number of nitrogens with zero attached hydrogens (tertiary/aromatic N) is 2. The molecule has 2 aromatic carbocycles. The first kappa shape index (κ1) is 13.4. The fourth-order valence-electron chi connectivity index (χ4n) is 2.05. The molecular weight excluding hydrogens is 330 g/mol. The van der Waals surface area contributed by atoms with Crippen LogP contribution in [0.5, 0.6) is 11.6 Å². The molecule has 102 valence electrons. The number of anilines is 1. The van der Waals surface area contributed by atoms with Crippen molar-refractivity contribution < 1.29 is 4.74 Å². The van der Waals surface area contributed by atoms with Crippen molar-refractivity contribution in [1.82, 2.24) is 4.98 Å². The molecule has 1 heterocycles. The Morgan fingerprint density at radius 2 is 2.00 bits per heavy atom. The zero-order chi connectivity index (χ0) is 14.8. The molecule has 0 spiro atoms. The number of ether oxygens (including phenoxy) is 1. The van der Waals surface area contributed by atoms with Gasteiger partial charge in [-0.15, -0.1) is 0 Å². The van der Waals surface area contributed by atoms with Gasteiger partial charge >= 0.3 is 0 Å². The monoisotopic (exact) mass is 339 g/mol. The van der Waals surface area contributed by atoms with Crippen LogP contribution in [0.3, 0.4) is 0 Å². The van der Waals surface area contributed by atoms with Crippen LogP contribution in [0.25, 0.3) is 10.8 Å². The highest BCUT2D eigenvalue weighted by molar-refractivity contribution is 9.10. The summed E-state index contributed by atoms with van der Waals surface area (Å²) in [5.41, 5.74) is 6.58. The van der Waals surface area contributed by atoms with E-state index in [1.807, 2.05) is 24.3 Å². The molecule has 5 heteroatoms. The van der Waals surface area contributed by atoms with Gasteiger partial charge in [-0.25, -0.2) is 4.98 Å². The van der Waals surface area contributed by atoms with E-state index in [9.17, 15) is 0 Å². The minimum Gasteiger partial charge on any atom is -0.437 e. The van der Waals surface area contributed by atoms with Crippen LogP contribution in [-0.2, 0) is 0 Å². The smallest absolute Gasteiger partial charge is 0.227 e. The lowest BCUT2D eigenvalue weighted by Gasteiger charge is -2.10. The van der Waals surface area contributed by atoms with Crippen LogP contribution >= 0.6 is 15.9 Å². The molecule has 3 rings (SSSR count). The first-order chi connectivity index (χ1) is 10.2. The Hall–Kier alpha value is -2.58. The number of halogens is 1. The summed E-state index contributed by atoms with van der Waals surface area (Å²) in [4.78, 5) is 4.26. The molecule has 0 fully saturated rings. The van der Waals surface area contributed by atoms with E-state index in [0.29, 0.717) is 22.9 Å². The average molecular weight is 340 g/mol. The van der Waals surface area contributed by atoms with Crippen molar-refractivity contribution in [3.63, 3.8) is 0 Å². The molecule has 0 aliphatic rings. The lowest BCUT2D eigenvalue weighted by atomic mass is 10.1. The lowest BCUT2D eigenvalue weighted by molar-refractivity contribution is 0.468. The second-order valence-corrected chi connectivity index (χ2v) is 5.27. The summed E-state index contributed by atoms with van der Waals surface area (Å²) < 4.78 is 6.78. The van der Waals surface area contributed by atoms with E-state index in [1.54, 1.807) is 24.4 Å². The maximum atomic E-state index is 9.16. The molecule has 0 bridgehead atoms. The van der Waals surface area contributed by atoms with Gasteiger partial charge in [0.25, 0.3) is 0 Å². The van der Waals surface area contributed by atoms with Crippen molar-refractivity contribution in [1.29, 1.82) is 5.26 Å². The second-order valence-electron chi connectivity index (χ2n) is 4.42. The Balaban J connectivity index is 2.11. The first-order valence-electron chi connectivity index (χ1n) is 6.20. The Morgan fingerprint density at radius 3 is 2.81 bits per heavy atom. The van der Waals surface area contributed by atoms with E-state index in [1.165, 1.54) is 0 Å². The molecule has 0 aliphatic carbocycles. The SMILES string of the molecule is N#Cc1cc(N)ccc1Oc1nccc2c(Br)cccc12. The maximum absolute atomic E-state index is 9.16. The minimum absolute atomic E-state index is 0.379. The average Bonchev–Trinajstić information content (AvgIpc) is 2.50. The number of hydrogen-bond acceptors (Lipinski definition) is 4. The normalized spacial score (nSPS) is 10.3. The van der Waals surface area contributed by atoms with Gasteiger partial charge in [0.05, 0.1) is 5.56 Å². The van der Waals surface area contributed by atoms with Gasteiger partial charge in [-0.1, -0.05) is 22.0 Å². The predicted octanol–water partition coefficient (Wildman–Crippen LogP) is 4.24. The van der Waals surface area contributed by atoms with Crippen molar-refractivity contribution in [2.45, 2.75) is 0 Å². The molecule has 0 saturated carbocycles. The van der Waals surface area contributed by atoms with E-state index in [4.69, 9.17) is 15.7 Å². The number of nitrogens with two attached hydrogens (primary N) is 1. The van der Waals surface area contributed by atoms with Crippen molar-refractivity contribution in [3.8, 4) is 17.7 Å². The van der Waals surface area contributed by atoms with Crippen molar-refractivity contribution >= 4 is 32.4 Å². The number of benzene rings is 2. The molecule has 1 aromatic heterocycles. The van der Waals surface area contributed by atoms with Crippen LogP contribution in [0.4, 0.5) is 5.69 Å². The van der Waals surface area contributed by atoms with E-state index in [0.717, 1.165) is 15.2 Å². The molecule has 0 unspecified atom stereocenters. The molecule has 0 aliphatic heterocycles. The summed E-state index contributed by atoms with van der Waals surface area (Å²) in [5.74, 6) is 0.891. The van der Waals surface area contributed by atoms with E-state index < -0.39 is 0 Å². The van der Waals surface area contributed by atoms with Crippen LogP contribution < -0.4 is 10.5 Å². The number of hydrogen-bond donors (Lipinski definition) is 1. The molecule has 0 atom stereocenters. The third-order valence-corrected chi connectivity index (χ3v) is 3.74. The lowest BCUT2D eigenvalue weighted by Crippen LogP contribution is -1.94. The topological polar surface area (TPSA) is 71.9 Å². The Morgan fingerprint density at radius 1 is 1.14 bits per heavy atom. The van der Waals surface area contributed by atoms with Gasteiger partial charge in [-0.3, -0.25) is 0 Å². The summed E-state index contributed by atoms with van der Waals surface area (Å²) in [6, 6.07) is 14.7. The summed E-state index contributed by atoms with van der Waals surface area (Å²) in [6.45, 7) is 0. The molecular formula is C16H10BrN3O. The zero-order valence-corrected chi connectivity index (χ0v) is 12.5. The molecule has 2 N–H and O–H groups in total. The molecule has 0 amide bonds. The van der Waals surface area contributed by atoms with Crippen LogP contribution in [0.1, 0.15) is 5.56 Å². The van der Waals surface area contributed by atoms with Gasteiger partial charge in [0, 0.05) is 27.1 Å². The number of fused-ring (bicyclic) bond motifs is 1. The summed E-state index contributed by atoms with van der Waals surface area (Å²) >= 11 is 3.50. The number of rotatable bonds is 2.